The number of nitrogens with zero attached hydrogens (tertiary/aromatic N) is 4. The molecule has 1 amide bonds. The van der Waals surface area contributed by atoms with Crippen LogP contribution in [0.4, 0.5) is 26.0 Å². The number of pyridine rings is 1. The van der Waals surface area contributed by atoms with E-state index in [1.54, 1.807) is 17.1 Å². The molecule has 2 aromatic rings. The lowest BCUT2D eigenvalue weighted by molar-refractivity contribution is -0.118. The van der Waals surface area contributed by atoms with Crippen molar-refractivity contribution in [2.75, 3.05) is 22.6 Å². The lowest BCUT2D eigenvalue weighted by Crippen LogP contribution is -2.49. The van der Waals surface area contributed by atoms with Crippen LogP contribution in [0.3, 0.4) is 0 Å². The molecular formula is C20H26F2N6O. The molecule has 2 aromatic heterocycles. The van der Waals surface area contributed by atoms with Gasteiger partial charge in [0.25, 0.3) is 5.92 Å². The molecular weight excluding hydrogens is 378 g/mol. The van der Waals surface area contributed by atoms with Gasteiger partial charge in [-0.25, -0.2) is 13.8 Å². The van der Waals surface area contributed by atoms with E-state index in [0.29, 0.717) is 12.4 Å². The third-order valence-electron chi connectivity index (χ3n) is 5.70. The van der Waals surface area contributed by atoms with Crippen LogP contribution in [-0.4, -0.2) is 39.7 Å². The van der Waals surface area contributed by atoms with Crippen molar-refractivity contribution in [1.29, 1.82) is 0 Å². The summed E-state index contributed by atoms with van der Waals surface area (Å²) in [5.41, 5.74) is 3.29. The van der Waals surface area contributed by atoms with E-state index in [4.69, 9.17) is 0 Å². The summed E-state index contributed by atoms with van der Waals surface area (Å²) in [6, 6.07) is 1.46. The van der Waals surface area contributed by atoms with Crippen LogP contribution < -0.4 is 15.5 Å². The number of carbonyl (C=O) groups excluding carboxylic acids is 1. The molecule has 156 valence electrons. The second-order valence-electron chi connectivity index (χ2n) is 8.38. The van der Waals surface area contributed by atoms with E-state index in [9.17, 15) is 13.6 Å². The van der Waals surface area contributed by atoms with Gasteiger partial charge in [-0.15, -0.1) is 0 Å². The predicted octanol–water partition coefficient (Wildman–Crippen LogP) is 3.58. The Labute approximate surface area is 168 Å². The quantitative estimate of drug-likeness (QED) is 0.797. The summed E-state index contributed by atoms with van der Waals surface area (Å²) >= 11 is 0. The van der Waals surface area contributed by atoms with Gasteiger partial charge in [-0.05, 0) is 12.8 Å². The third kappa shape index (κ3) is 3.65. The number of hydrogen-bond acceptors (Lipinski definition) is 5. The minimum atomic E-state index is -2.56. The first-order valence-electron chi connectivity index (χ1n) is 9.85. The summed E-state index contributed by atoms with van der Waals surface area (Å²) in [7, 11) is 1.92. The monoisotopic (exact) mass is 404 g/mol. The van der Waals surface area contributed by atoms with Crippen molar-refractivity contribution >= 4 is 23.1 Å². The van der Waals surface area contributed by atoms with Crippen LogP contribution in [0, 0.1) is 12.8 Å². The number of nitrogens with one attached hydrogen (secondary N) is 2. The van der Waals surface area contributed by atoms with Gasteiger partial charge in [0.2, 0.25) is 5.91 Å². The van der Waals surface area contributed by atoms with Gasteiger partial charge in [0, 0.05) is 44.3 Å². The third-order valence-corrected chi connectivity index (χ3v) is 5.70. The Kier molecular flexibility index (Phi) is 4.71. The topological polar surface area (TPSA) is 75.1 Å². The smallest absolute Gasteiger partial charge is 0.252 e. The van der Waals surface area contributed by atoms with Crippen LogP contribution in [0.25, 0.3) is 0 Å². The highest BCUT2D eigenvalue weighted by Gasteiger charge is 2.46. The van der Waals surface area contributed by atoms with E-state index in [0.717, 1.165) is 22.6 Å². The Morgan fingerprint density at radius 1 is 1.38 bits per heavy atom. The zero-order valence-corrected chi connectivity index (χ0v) is 17.0. The van der Waals surface area contributed by atoms with E-state index < -0.39 is 5.92 Å². The molecule has 0 radical (unpaired) electrons. The maximum Gasteiger partial charge on any atom is 0.252 e. The first-order valence-corrected chi connectivity index (χ1v) is 9.85. The summed E-state index contributed by atoms with van der Waals surface area (Å²) in [6.45, 7) is 6.39. The van der Waals surface area contributed by atoms with E-state index in [-0.39, 0.29) is 36.8 Å². The number of aromatic nitrogens is 3. The number of halogens is 2. The van der Waals surface area contributed by atoms with Crippen molar-refractivity contribution in [2.45, 2.75) is 58.2 Å². The Morgan fingerprint density at radius 3 is 2.76 bits per heavy atom. The van der Waals surface area contributed by atoms with Crippen molar-refractivity contribution < 1.29 is 13.6 Å². The van der Waals surface area contributed by atoms with Crippen molar-refractivity contribution in [2.24, 2.45) is 5.92 Å². The van der Waals surface area contributed by atoms with Gasteiger partial charge >= 0.3 is 0 Å². The zero-order valence-electron chi connectivity index (χ0n) is 17.0. The van der Waals surface area contributed by atoms with Gasteiger partial charge in [-0.2, -0.15) is 5.10 Å². The summed E-state index contributed by atoms with van der Waals surface area (Å²) in [5.74, 6) is -1.72. The maximum absolute atomic E-state index is 13.1. The molecule has 1 saturated carbocycles. The lowest BCUT2D eigenvalue weighted by atomic mass is 9.88. The van der Waals surface area contributed by atoms with Gasteiger partial charge in [-0.3, -0.25) is 9.48 Å². The Hall–Kier alpha value is -2.71. The van der Waals surface area contributed by atoms with Crippen LogP contribution >= 0.6 is 0 Å². The highest BCUT2D eigenvalue weighted by atomic mass is 19.3. The Balaban J connectivity index is 1.48. The molecule has 2 N–H and O–H groups in total. The number of fused-ring (bicyclic) bond motifs is 1. The van der Waals surface area contributed by atoms with E-state index in [1.807, 2.05) is 38.8 Å². The highest BCUT2D eigenvalue weighted by Crippen LogP contribution is 2.45. The number of aryl methyl sites for hydroxylation is 1. The van der Waals surface area contributed by atoms with Crippen molar-refractivity contribution in [1.82, 2.24) is 14.8 Å². The van der Waals surface area contributed by atoms with Gasteiger partial charge in [0.1, 0.15) is 11.9 Å². The van der Waals surface area contributed by atoms with Gasteiger partial charge in [-0.1, -0.05) is 13.8 Å². The van der Waals surface area contributed by atoms with Gasteiger partial charge in [0.05, 0.1) is 29.3 Å². The van der Waals surface area contributed by atoms with Crippen molar-refractivity contribution in [3.63, 3.8) is 0 Å². The van der Waals surface area contributed by atoms with E-state index in [1.165, 1.54) is 0 Å². The van der Waals surface area contributed by atoms with Crippen LogP contribution in [0.1, 0.15) is 44.0 Å². The fraction of sp³-hybridized carbons (Fsp3) is 0.550. The molecule has 1 aliphatic carbocycles. The first-order chi connectivity index (χ1) is 13.6. The second-order valence-corrected chi connectivity index (χ2v) is 8.38. The van der Waals surface area contributed by atoms with Crippen LogP contribution in [-0.2, 0) is 11.3 Å². The normalized spacial score (nSPS) is 21.0. The Morgan fingerprint density at radius 2 is 2.10 bits per heavy atom. The average Bonchev–Trinajstić information content (AvgIpc) is 3.07. The van der Waals surface area contributed by atoms with Crippen LogP contribution in [0.2, 0.25) is 0 Å². The second kappa shape index (κ2) is 6.96. The molecule has 29 heavy (non-hydrogen) atoms. The number of likely N-dealkylation sites (N-methyl/N-ethyl adjacent to an activating group) is 1. The number of amides is 1. The largest absolute Gasteiger partial charge is 0.366 e. The van der Waals surface area contributed by atoms with Crippen LogP contribution in [0.15, 0.2) is 18.5 Å². The molecule has 1 aliphatic heterocycles. The molecule has 0 unspecified atom stereocenters. The number of hydrogen-bond donors (Lipinski definition) is 2. The summed E-state index contributed by atoms with van der Waals surface area (Å²) in [6.07, 6.45) is 3.19. The number of alkyl halides is 2. The van der Waals surface area contributed by atoms with Crippen molar-refractivity contribution in [3.8, 4) is 0 Å². The van der Waals surface area contributed by atoms with E-state index in [2.05, 4.69) is 20.7 Å². The van der Waals surface area contributed by atoms with Crippen LogP contribution in [0.5, 0.6) is 0 Å². The van der Waals surface area contributed by atoms with E-state index >= 15 is 0 Å². The first kappa shape index (κ1) is 19.6. The predicted molar refractivity (Wildman–Crippen MR) is 107 cm³/mol. The molecule has 0 spiro atoms. The zero-order chi connectivity index (χ0) is 20.9. The van der Waals surface area contributed by atoms with Gasteiger partial charge in [0.15, 0.2) is 0 Å². The fourth-order valence-electron chi connectivity index (χ4n) is 4.13. The Bertz CT molecular complexity index is 933. The molecule has 0 aromatic carbocycles. The molecule has 0 saturated heterocycles. The maximum atomic E-state index is 13.1. The minimum absolute atomic E-state index is 0.0189. The average molecular weight is 404 g/mol. The van der Waals surface area contributed by atoms with Gasteiger partial charge < -0.3 is 15.5 Å². The summed E-state index contributed by atoms with van der Waals surface area (Å²) in [4.78, 5) is 19.0. The molecule has 1 atom stereocenters. The number of carbonyl (C=O) groups is 1. The molecule has 3 heterocycles. The summed E-state index contributed by atoms with van der Waals surface area (Å²) < 4.78 is 27.8. The fourth-order valence-corrected chi connectivity index (χ4v) is 4.13. The molecule has 0 bridgehead atoms. The summed E-state index contributed by atoms with van der Waals surface area (Å²) in [5, 5.41) is 10.5. The number of rotatable bonds is 5. The molecule has 9 heteroatoms. The number of anilines is 3. The molecule has 4 rings (SSSR count). The molecule has 2 aliphatic rings. The molecule has 7 nitrogen and oxygen atoms in total. The lowest BCUT2D eigenvalue weighted by Gasteiger charge is -2.38. The SMILES string of the molecule is Cc1nc(NCc2cnn(C3CC(F)(F)C3)c2)cc2c1NC(=O)[C@H](C(C)C)N2C. The molecule has 1 fully saturated rings. The standard InChI is InChI=1S/C20H26F2N6O/c1-11(2)18-19(29)26-17-12(3)25-16(5-15(17)27(18)4)23-8-13-9-24-28(10-13)14-6-20(21,22)7-14/h5,9-11,14,18H,6-8H2,1-4H3,(H,23,25)(H,26,29)/t18-/m0/s1. The van der Waals surface area contributed by atoms with Crippen molar-refractivity contribution in [3.05, 3.63) is 29.7 Å². The minimum Gasteiger partial charge on any atom is -0.366 e. The highest BCUT2D eigenvalue weighted by molar-refractivity contribution is 6.04.